The molecule has 1 aromatic heterocycles. The number of imide groups is 1. The predicted molar refractivity (Wildman–Crippen MR) is 263 cm³/mol. The van der Waals surface area contributed by atoms with Crippen LogP contribution in [0.2, 0.25) is 0 Å². The fourth-order valence-corrected chi connectivity index (χ4v) is 8.77. The molecule has 18 heteroatoms. The van der Waals surface area contributed by atoms with Crippen LogP contribution in [0.25, 0.3) is 11.1 Å². The number of halogens is 2. The van der Waals surface area contributed by atoms with Gasteiger partial charge in [0.2, 0.25) is 29.5 Å². The number of hydrogen-bond acceptors (Lipinski definition) is 11. The number of benzene rings is 2. The molecule has 15 nitrogen and oxygen atoms in total. The number of carbonyl (C=O) groups excluding carboxylic acids is 5. The third-order valence-electron chi connectivity index (χ3n) is 11.4. The minimum absolute atomic E-state index is 0.0568. The van der Waals surface area contributed by atoms with Crippen molar-refractivity contribution in [3.63, 3.8) is 0 Å². The largest absolute Gasteiger partial charge is 0.377 e. The van der Waals surface area contributed by atoms with Crippen molar-refractivity contribution < 1.29 is 51.7 Å². The first-order valence-corrected chi connectivity index (χ1v) is 25.3. The number of thioether (sulfide) groups is 1. The van der Waals surface area contributed by atoms with Crippen LogP contribution in [0.4, 0.5) is 8.78 Å². The molecule has 0 aliphatic carbocycles. The predicted octanol–water partition coefficient (Wildman–Crippen LogP) is 6.12. The van der Waals surface area contributed by atoms with Crippen molar-refractivity contribution in [1.82, 2.24) is 25.0 Å². The molecular formula is C51H74F2N6O9S. The number of ether oxygens (including phenoxy) is 4. The molecule has 382 valence electrons. The molecule has 4 N–H and O–H groups in total. The Morgan fingerprint density at radius 1 is 0.826 bits per heavy atom. The molecule has 69 heavy (non-hydrogen) atoms. The molecule has 1 unspecified atom stereocenters. The number of rotatable bonds is 34. The van der Waals surface area contributed by atoms with Gasteiger partial charge in [-0.3, -0.25) is 28.9 Å². The maximum Gasteiger partial charge on any atom is 0.233 e. The average Bonchev–Trinajstić information content (AvgIpc) is 3.83. The SMILES string of the molecule is CC1CC(=O)N(CCCCCC(=O)NCCOCCOCCOCCOCCNC(=O)CCSCC(=O)N(CCCN)[C@@H](c2cc(-c3cc(F)ccc3F)cn2Cc2ccccc2)C(C)(C)C)C1=O. The highest BCUT2D eigenvalue weighted by molar-refractivity contribution is 7.99. The number of nitrogens with two attached hydrogens (primary N) is 1. The van der Waals surface area contributed by atoms with Crippen LogP contribution >= 0.6 is 11.8 Å². The van der Waals surface area contributed by atoms with Crippen LogP contribution in [0.1, 0.15) is 89.9 Å². The van der Waals surface area contributed by atoms with E-state index in [1.165, 1.54) is 22.7 Å². The van der Waals surface area contributed by atoms with E-state index in [1.54, 1.807) is 6.92 Å². The Labute approximate surface area is 410 Å². The smallest absolute Gasteiger partial charge is 0.233 e. The lowest BCUT2D eigenvalue weighted by molar-refractivity contribution is -0.139. The highest BCUT2D eigenvalue weighted by Gasteiger charge is 2.37. The summed E-state index contributed by atoms with van der Waals surface area (Å²) in [6.07, 6.45) is 5.45. The van der Waals surface area contributed by atoms with Gasteiger partial charge in [-0.2, -0.15) is 11.8 Å². The van der Waals surface area contributed by atoms with E-state index in [-0.39, 0.29) is 59.6 Å². The van der Waals surface area contributed by atoms with Gasteiger partial charge < -0.3 is 44.8 Å². The summed E-state index contributed by atoms with van der Waals surface area (Å²) in [5, 5.41) is 5.67. The number of likely N-dealkylation sites (tertiary alicyclic amines) is 1. The summed E-state index contributed by atoms with van der Waals surface area (Å²) in [7, 11) is 0. The molecule has 2 aromatic carbocycles. The Hall–Kier alpha value is -4.72. The molecule has 1 aliphatic heterocycles. The number of nitrogens with zero attached hydrogens (tertiary/aromatic N) is 3. The molecule has 5 amide bonds. The van der Waals surface area contributed by atoms with E-state index < -0.39 is 23.1 Å². The second-order valence-electron chi connectivity index (χ2n) is 18.1. The lowest BCUT2D eigenvalue weighted by Crippen LogP contribution is -2.44. The average molecular weight is 985 g/mol. The van der Waals surface area contributed by atoms with Gasteiger partial charge in [0.1, 0.15) is 11.6 Å². The van der Waals surface area contributed by atoms with Crippen molar-refractivity contribution in [3.05, 3.63) is 83.7 Å². The Kier molecular flexibility index (Phi) is 25.4. The van der Waals surface area contributed by atoms with Crippen LogP contribution in [-0.2, 0) is 49.5 Å². The van der Waals surface area contributed by atoms with Crippen LogP contribution in [0.15, 0.2) is 60.8 Å². The Bertz CT molecular complexity index is 2050. The van der Waals surface area contributed by atoms with E-state index in [0.29, 0.717) is 129 Å². The van der Waals surface area contributed by atoms with E-state index in [1.807, 2.05) is 52.1 Å². The molecule has 0 radical (unpaired) electrons. The molecule has 1 saturated heterocycles. The van der Waals surface area contributed by atoms with Gasteiger partial charge in [0.25, 0.3) is 0 Å². The van der Waals surface area contributed by atoms with E-state index in [4.69, 9.17) is 24.7 Å². The van der Waals surface area contributed by atoms with Crippen molar-refractivity contribution in [2.24, 2.45) is 17.1 Å². The summed E-state index contributed by atoms with van der Waals surface area (Å²) in [6, 6.07) is 14.7. The van der Waals surface area contributed by atoms with Gasteiger partial charge in [-0.15, -0.1) is 0 Å². The molecule has 2 heterocycles. The van der Waals surface area contributed by atoms with Gasteiger partial charge >= 0.3 is 0 Å². The zero-order valence-electron chi connectivity index (χ0n) is 40.9. The van der Waals surface area contributed by atoms with E-state index in [9.17, 15) is 28.4 Å². The fourth-order valence-electron chi connectivity index (χ4n) is 7.96. The molecule has 0 bridgehead atoms. The Balaban J connectivity index is 1.05. The first-order valence-electron chi connectivity index (χ1n) is 24.1. The van der Waals surface area contributed by atoms with Crippen LogP contribution < -0.4 is 16.4 Å². The molecule has 3 aromatic rings. The van der Waals surface area contributed by atoms with Crippen LogP contribution in [-0.4, -0.2) is 141 Å². The maximum atomic E-state index is 15.1. The number of carbonyl (C=O) groups is 5. The normalized spacial score (nSPS) is 14.4. The zero-order chi connectivity index (χ0) is 50.0. The van der Waals surface area contributed by atoms with Gasteiger partial charge in [-0.1, -0.05) is 64.4 Å². The van der Waals surface area contributed by atoms with Crippen molar-refractivity contribution >= 4 is 41.3 Å². The van der Waals surface area contributed by atoms with Crippen LogP contribution in [0.3, 0.4) is 0 Å². The summed E-state index contributed by atoms with van der Waals surface area (Å²) >= 11 is 1.38. The summed E-state index contributed by atoms with van der Waals surface area (Å²) in [5.41, 5.74) is 7.97. The summed E-state index contributed by atoms with van der Waals surface area (Å²) in [4.78, 5) is 65.7. The second kappa shape index (κ2) is 30.8. The number of aromatic nitrogens is 1. The molecule has 1 aliphatic rings. The fraction of sp³-hybridized carbons (Fsp3) is 0.588. The number of hydrogen-bond donors (Lipinski definition) is 3. The minimum Gasteiger partial charge on any atom is -0.377 e. The van der Waals surface area contributed by atoms with Gasteiger partial charge in [-0.25, -0.2) is 8.78 Å². The van der Waals surface area contributed by atoms with Gasteiger partial charge in [0.05, 0.1) is 64.6 Å². The highest BCUT2D eigenvalue weighted by atomic mass is 32.2. The Morgan fingerprint density at radius 3 is 2.04 bits per heavy atom. The van der Waals surface area contributed by atoms with Gasteiger partial charge in [0.15, 0.2) is 0 Å². The highest BCUT2D eigenvalue weighted by Crippen LogP contribution is 2.41. The molecular weight excluding hydrogens is 911 g/mol. The second-order valence-corrected chi connectivity index (χ2v) is 19.2. The third kappa shape index (κ3) is 20.3. The van der Waals surface area contributed by atoms with Gasteiger partial charge in [0, 0.05) is 86.7 Å². The summed E-state index contributed by atoms with van der Waals surface area (Å²) in [5.74, 6) is -1.23. The molecule has 4 rings (SSSR count). The molecule has 0 spiro atoms. The van der Waals surface area contributed by atoms with Crippen molar-refractivity contribution in [3.8, 4) is 11.1 Å². The number of amides is 5. The monoisotopic (exact) mass is 985 g/mol. The van der Waals surface area contributed by atoms with E-state index >= 15 is 4.39 Å². The standard InChI is InChI=1S/C51H74F2N6O9S/c1-38-32-47(62)59(50(38)64)21-10-6-9-14-45(60)55-19-23-65-25-27-67-29-30-68-28-26-66-24-20-56-46(61)17-31-69-37-48(63)58(22-11-18-54)49(51(2,3)4)44-33-40(42-34-41(52)15-16-43(42)53)36-57(44)35-39-12-7-5-8-13-39/h5,7-8,12-13,15-16,33-34,36,38,49H,6,9-11,14,17-32,35,37,54H2,1-4H3,(H,55,60)(H,56,61)/t38?,49-/m0/s1. The number of unbranched alkanes of at least 4 members (excludes halogenated alkanes) is 2. The number of nitrogens with one attached hydrogen (secondary N) is 2. The van der Waals surface area contributed by atoms with Crippen LogP contribution in [0.5, 0.6) is 0 Å². The maximum absolute atomic E-state index is 15.1. The first-order chi connectivity index (χ1) is 33.2. The summed E-state index contributed by atoms with van der Waals surface area (Å²) < 4.78 is 53.6. The van der Waals surface area contributed by atoms with E-state index in [2.05, 4.69) is 31.4 Å². The lowest BCUT2D eigenvalue weighted by atomic mass is 9.83. The topological polar surface area (TPSA) is 184 Å². The summed E-state index contributed by atoms with van der Waals surface area (Å²) in [6.45, 7) is 13.3. The molecule has 0 saturated carbocycles. The van der Waals surface area contributed by atoms with Crippen molar-refractivity contribution in [2.75, 3.05) is 97.1 Å². The van der Waals surface area contributed by atoms with Gasteiger partial charge in [-0.05, 0) is 61.1 Å². The molecule has 1 fully saturated rings. The lowest BCUT2D eigenvalue weighted by Gasteiger charge is -2.41. The molecule has 2 atom stereocenters. The van der Waals surface area contributed by atoms with Crippen molar-refractivity contribution in [2.45, 2.75) is 85.2 Å². The van der Waals surface area contributed by atoms with E-state index in [0.717, 1.165) is 29.8 Å². The van der Waals surface area contributed by atoms with Crippen molar-refractivity contribution in [1.29, 1.82) is 0 Å². The zero-order valence-corrected chi connectivity index (χ0v) is 41.8. The quantitative estimate of drug-likeness (QED) is 0.0463. The van der Waals surface area contributed by atoms with Crippen LogP contribution in [0, 0.1) is 23.0 Å². The minimum atomic E-state index is -0.542. The first kappa shape index (κ1) is 56.9. The third-order valence-corrected chi connectivity index (χ3v) is 12.4. The Morgan fingerprint density at radius 2 is 1.45 bits per heavy atom.